The molecule has 0 unspecified atom stereocenters. The van der Waals surface area contributed by atoms with E-state index in [9.17, 15) is 8.42 Å². The first kappa shape index (κ1) is 29.0. The van der Waals surface area contributed by atoms with Gasteiger partial charge in [-0.1, -0.05) is 41.6 Å². The first-order valence-corrected chi connectivity index (χ1v) is 14.7. The first-order chi connectivity index (χ1) is 19.1. The molecule has 0 amide bonds. The van der Waals surface area contributed by atoms with Crippen LogP contribution in [0.2, 0.25) is 0 Å². The number of hydrogen-bond acceptors (Lipinski definition) is 9. The molecule has 2 heterocycles. The number of nitrogens with zero attached hydrogens (tertiary/aromatic N) is 3. The van der Waals surface area contributed by atoms with Crippen molar-refractivity contribution in [3.05, 3.63) is 76.8 Å². The van der Waals surface area contributed by atoms with Crippen LogP contribution in [0.5, 0.6) is 0 Å². The Morgan fingerprint density at radius 3 is 2.42 bits per heavy atom. The number of aromatic nitrogens is 3. The number of aryl methyl sites for hydroxylation is 2. The molecular weight excluding hydrogens is 528 g/mol. The SMILES string of the molecule is CCOCc1cc(CNc2cc(NC(C)C)nc(C)n2)ccc1-c1ccccc1S(=O)(=O)Nc1noc(C)c1C. The van der Waals surface area contributed by atoms with Gasteiger partial charge in [-0.15, -0.1) is 0 Å². The van der Waals surface area contributed by atoms with E-state index >= 15 is 0 Å². The van der Waals surface area contributed by atoms with E-state index in [0.717, 1.165) is 22.5 Å². The number of rotatable bonds is 12. The fraction of sp³-hybridized carbons (Fsp3) is 0.345. The van der Waals surface area contributed by atoms with Crippen molar-refractivity contribution in [3.63, 3.8) is 0 Å². The molecule has 0 atom stereocenters. The predicted molar refractivity (Wildman–Crippen MR) is 157 cm³/mol. The quantitative estimate of drug-likeness (QED) is 0.195. The summed E-state index contributed by atoms with van der Waals surface area (Å²) in [5.74, 6) is 2.88. The van der Waals surface area contributed by atoms with Gasteiger partial charge in [0.1, 0.15) is 23.2 Å². The van der Waals surface area contributed by atoms with E-state index < -0.39 is 10.0 Å². The molecule has 4 rings (SSSR count). The summed E-state index contributed by atoms with van der Waals surface area (Å²) in [7, 11) is -3.96. The van der Waals surface area contributed by atoms with Gasteiger partial charge in [-0.2, -0.15) is 0 Å². The summed E-state index contributed by atoms with van der Waals surface area (Å²) in [4.78, 5) is 9.08. The summed E-state index contributed by atoms with van der Waals surface area (Å²) in [5.41, 5.74) is 3.85. The molecule has 2 aromatic carbocycles. The summed E-state index contributed by atoms with van der Waals surface area (Å²) in [6.07, 6.45) is 0. The molecular formula is C29H36N6O4S. The zero-order valence-corrected chi connectivity index (χ0v) is 24.5. The maximum Gasteiger partial charge on any atom is 0.263 e. The third-order valence-electron chi connectivity index (χ3n) is 6.23. The Balaban J connectivity index is 1.64. The van der Waals surface area contributed by atoms with Crippen LogP contribution < -0.4 is 15.4 Å². The highest BCUT2D eigenvalue weighted by Crippen LogP contribution is 2.33. The minimum Gasteiger partial charge on any atom is -0.377 e. The van der Waals surface area contributed by atoms with E-state index in [1.54, 1.807) is 32.0 Å². The topological polar surface area (TPSA) is 131 Å². The fourth-order valence-electron chi connectivity index (χ4n) is 4.19. The van der Waals surface area contributed by atoms with Crippen molar-refractivity contribution in [1.82, 2.24) is 15.1 Å². The summed E-state index contributed by atoms with van der Waals surface area (Å²) in [6, 6.07) is 15.0. The Kier molecular flexibility index (Phi) is 9.06. The van der Waals surface area contributed by atoms with Gasteiger partial charge < -0.3 is 19.9 Å². The maximum absolute atomic E-state index is 13.5. The maximum atomic E-state index is 13.5. The highest BCUT2D eigenvalue weighted by molar-refractivity contribution is 7.92. The van der Waals surface area contributed by atoms with Crippen molar-refractivity contribution in [3.8, 4) is 11.1 Å². The van der Waals surface area contributed by atoms with E-state index in [2.05, 4.69) is 44.3 Å². The molecule has 212 valence electrons. The van der Waals surface area contributed by atoms with Crippen LogP contribution in [0, 0.1) is 20.8 Å². The van der Waals surface area contributed by atoms with E-state index in [1.165, 1.54) is 0 Å². The second kappa shape index (κ2) is 12.5. The molecule has 0 aliphatic carbocycles. The minimum atomic E-state index is -3.96. The number of hydrogen-bond donors (Lipinski definition) is 3. The van der Waals surface area contributed by atoms with Gasteiger partial charge in [-0.25, -0.2) is 18.4 Å². The largest absolute Gasteiger partial charge is 0.377 e. The molecule has 3 N–H and O–H groups in total. The predicted octanol–water partition coefficient (Wildman–Crippen LogP) is 5.83. The zero-order chi connectivity index (χ0) is 28.9. The molecule has 2 aromatic heterocycles. The smallest absolute Gasteiger partial charge is 0.263 e. The zero-order valence-electron chi connectivity index (χ0n) is 23.7. The van der Waals surface area contributed by atoms with Gasteiger partial charge in [0.2, 0.25) is 0 Å². The average Bonchev–Trinajstić information content (AvgIpc) is 3.21. The molecule has 11 heteroatoms. The Morgan fingerprint density at radius 2 is 1.73 bits per heavy atom. The Hall–Kier alpha value is -3.96. The van der Waals surface area contributed by atoms with E-state index in [4.69, 9.17) is 9.26 Å². The second-order valence-electron chi connectivity index (χ2n) is 9.78. The minimum absolute atomic E-state index is 0.139. The number of sulfonamides is 1. The van der Waals surface area contributed by atoms with Crippen LogP contribution in [-0.4, -0.2) is 36.2 Å². The lowest BCUT2D eigenvalue weighted by Crippen LogP contribution is -2.15. The Morgan fingerprint density at radius 1 is 0.975 bits per heavy atom. The highest BCUT2D eigenvalue weighted by atomic mass is 32.2. The van der Waals surface area contributed by atoms with Crippen molar-refractivity contribution >= 4 is 27.5 Å². The molecule has 0 radical (unpaired) electrons. The lowest BCUT2D eigenvalue weighted by molar-refractivity contribution is 0.134. The number of nitrogens with one attached hydrogen (secondary N) is 3. The van der Waals surface area contributed by atoms with E-state index in [1.807, 2.05) is 44.2 Å². The average molecular weight is 565 g/mol. The third kappa shape index (κ3) is 6.97. The van der Waals surface area contributed by atoms with Gasteiger partial charge in [0.05, 0.1) is 11.5 Å². The molecule has 0 spiro atoms. The van der Waals surface area contributed by atoms with E-state index in [0.29, 0.717) is 48.3 Å². The first-order valence-electron chi connectivity index (χ1n) is 13.2. The van der Waals surface area contributed by atoms with Crippen molar-refractivity contribution in [2.24, 2.45) is 0 Å². The van der Waals surface area contributed by atoms with Crippen LogP contribution in [0.1, 0.15) is 49.0 Å². The standard InChI is InChI=1S/C29H36N6O4S/c1-7-38-17-23-14-22(16-30-27-15-28(31-18(2)3)33-21(6)32-27)12-13-24(23)25-10-8-9-11-26(25)40(36,37)35-29-19(4)20(5)39-34-29/h8-15,18H,7,16-17H2,1-6H3,(H,34,35)(H2,30,31,32,33). The lowest BCUT2D eigenvalue weighted by Gasteiger charge is -2.17. The summed E-state index contributed by atoms with van der Waals surface area (Å²) in [5, 5.41) is 10.5. The summed E-state index contributed by atoms with van der Waals surface area (Å²) < 4.78 is 40.4. The van der Waals surface area contributed by atoms with Crippen molar-refractivity contribution in [2.75, 3.05) is 22.0 Å². The number of anilines is 3. The number of ether oxygens (including phenoxy) is 1. The molecule has 0 bridgehead atoms. The van der Waals surface area contributed by atoms with Crippen LogP contribution in [0.4, 0.5) is 17.5 Å². The molecule has 4 aromatic rings. The molecule has 0 saturated carbocycles. The number of benzene rings is 2. The molecule has 10 nitrogen and oxygen atoms in total. The summed E-state index contributed by atoms with van der Waals surface area (Å²) in [6.45, 7) is 12.8. The van der Waals surface area contributed by atoms with Crippen molar-refractivity contribution < 1.29 is 17.7 Å². The van der Waals surface area contributed by atoms with Crippen molar-refractivity contribution in [2.45, 2.75) is 65.6 Å². The highest BCUT2D eigenvalue weighted by Gasteiger charge is 2.23. The second-order valence-corrected chi connectivity index (χ2v) is 11.4. The van der Waals surface area contributed by atoms with Crippen LogP contribution >= 0.6 is 0 Å². The monoisotopic (exact) mass is 564 g/mol. The Labute approximate surface area is 235 Å². The van der Waals surface area contributed by atoms with Gasteiger partial charge in [-0.3, -0.25) is 4.72 Å². The van der Waals surface area contributed by atoms with Gasteiger partial charge in [-0.05, 0) is 64.3 Å². The molecule has 0 saturated heterocycles. The fourth-order valence-corrected chi connectivity index (χ4v) is 5.47. The van der Waals surface area contributed by atoms with Gasteiger partial charge in [0.25, 0.3) is 10.0 Å². The van der Waals surface area contributed by atoms with Crippen LogP contribution in [0.15, 0.2) is 57.9 Å². The third-order valence-corrected chi connectivity index (χ3v) is 7.63. The van der Waals surface area contributed by atoms with Crippen LogP contribution in [-0.2, 0) is 27.9 Å². The van der Waals surface area contributed by atoms with Crippen molar-refractivity contribution in [1.29, 1.82) is 0 Å². The molecule has 0 aliphatic heterocycles. The van der Waals surface area contributed by atoms with Crippen LogP contribution in [0.3, 0.4) is 0 Å². The Bertz CT molecular complexity index is 1580. The van der Waals surface area contributed by atoms with Gasteiger partial charge in [0, 0.05) is 36.4 Å². The van der Waals surface area contributed by atoms with Crippen LogP contribution in [0.25, 0.3) is 11.1 Å². The van der Waals surface area contributed by atoms with Gasteiger partial charge >= 0.3 is 0 Å². The summed E-state index contributed by atoms with van der Waals surface area (Å²) >= 11 is 0. The molecule has 0 aliphatic rings. The normalized spacial score (nSPS) is 11.6. The molecule has 0 fully saturated rings. The lowest BCUT2D eigenvalue weighted by atomic mass is 9.97. The van der Waals surface area contributed by atoms with E-state index in [-0.39, 0.29) is 16.8 Å². The van der Waals surface area contributed by atoms with Gasteiger partial charge in [0.15, 0.2) is 5.82 Å². The molecule has 40 heavy (non-hydrogen) atoms.